The summed E-state index contributed by atoms with van der Waals surface area (Å²) in [5.41, 5.74) is 4.97. The molecule has 3 aromatic rings. The molecule has 1 aromatic heterocycles. The van der Waals surface area contributed by atoms with Crippen LogP contribution in [0.25, 0.3) is 22.0 Å². The summed E-state index contributed by atoms with van der Waals surface area (Å²) in [6, 6.07) is 18.4. The fraction of sp³-hybridized carbons (Fsp3) is 0.238. The Hall–Kier alpha value is -2.48. The molecule has 0 saturated heterocycles. The summed E-state index contributed by atoms with van der Waals surface area (Å²) in [6.45, 7) is 2.15. The highest BCUT2D eigenvalue weighted by atomic mass is 16.1. The van der Waals surface area contributed by atoms with E-state index in [0.717, 1.165) is 46.1 Å². The van der Waals surface area contributed by atoms with Crippen molar-refractivity contribution in [2.24, 2.45) is 5.92 Å². The maximum absolute atomic E-state index is 12.9. The molecule has 0 amide bonds. The molecule has 1 unspecified atom stereocenters. The first kappa shape index (κ1) is 14.1. The zero-order valence-electron chi connectivity index (χ0n) is 13.3. The summed E-state index contributed by atoms with van der Waals surface area (Å²) in [6.07, 6.45) is 2.58. The van der Waals surface area contributed by atoms with Gasteiger partial charge in [-0.15, -0.1) is 0 Å². The lowest BCUT2D eigenvalue weighted by Crippen LogP contribution is -2.22. The largest absolute Gasteiger partial charge is 0.294 e. The van der Waals surface area contributed by atoms with E-state index < -0.39 is 0 Å². The maximum atomic E-state index is 12.9. The van der Waals surface area contributed by atoms with E-state index in [1.165, 1.54) is 0 Å². The second-order valence-corrected chi connectivity index (χ2v) is 6.30. The highest BCUT2D eigenvalue weighted by Gasteiger charge is 2.29. The molecule has 2 aromatic carbocycles. The van der Waals surface area contributed by atoms with Crippen molar-refractivity contribution in [3.63, 3.8) is 0 Å². The first-order valence-electron chi connectivity index (χ1n) is 8.28. The first-order valence-corrected chi connectivity index (χ1v) is 8.28. The Morgan fingerprint density at radius 3 is 2.48 bits per heavy atom. The van der Waals surface area contributed by atoms with Gasteiger partial charge in [-0.05, 0) is 24.0 Å². The van der Waals surface area contributed by atoms with Gasteiger partial charge in [0.2, 0.25) is 0 Å². The van der Waals surface area contributed by atoms with Crippen LogP contribution in [-0.2, 0) is 6.42 Å². The van der Waals surface area contributed by atoms with Crippen LogP contribution in [0.3, 0.4) is 0 Å². The maximum Gasteiger partial charge on any atom is 0.165 e. The highest BCUT2D eigenvalue weighted by molar-refractivity contribution is 6.11. The number of hydrogen-bond acceptors (Lipinski definition) is 2. The topological polar surface area (TPSA) is 30.0 Å². The van der Waals surface area contributed by atoms with Crippen LogP contribution in [0.15, 0.2) is 54.6 Å². The third-order valence-electron chi connectivity index (χ3n) is 4.84. The van der Waals surface area contributed by atoms with Gasteiger partial charge < -0.3 is 0 Å². The van der Waals surface area contributed by atoms with Crippen molar-refractivity contribution in [3.8, 4) is 11.1 Å². The number of aromatic nitrogens is 1. The Balaban J connectivity index is 2.07. The zero-order chi connectivity index (χ0) is 15.8. The van der Waals surface area contributed by atoms with E-state index in [1.54, 1.807) is 0 Å². The molecule has 114 valence electrons. The van der Waals surface area contributed by atoms with Crippen molar-refractivity contribution < 1.29 is 4.79 Å². The van der Waals surface area contributed by atoms with E-state index in [0.29, 0.717) is 12.3 Å². The second kappa shape index (κ2) is 5.62. The minimum absolute atomic E-state index is 0.246. The van der Waals surface area contributed by atoms with E-state index in [4.69, 9.17) is 4.98 Å². The van der Waals surface area contributed by atoms with Crippen molar-refractivity contribution in [1.29, 1.82) is 0 Å². The van der Waals surface area contributed by atoms with Gasteiger partial charge in [-0.2, -0.15) is 0 Å². The third kappa shape index (κ3) is 2.35. The van der Waals surface area contributed by atoms with E-state index >= 15 is 0 Å². The SMILES string of the molecule is CCC1CC(=O)c2c(nc3ccccc3c2-c2ccccc2)C1. The Morgan fingerprint density at radius 1 is 0.957 bits per heavy atom. The molecule has 0 fully saturated rings. The number of rotatable bonds is 2. The number of Topliss-reactive ketones (excluding diaryl/α,β-unsaturated/α-hetero) is 1. The molecule has 2 nitrogen and oxygen atoms in total. The lowest BCUT2D eigenvalue weighted by molar-refractivity contribution is 0.0947. The Bertz CT molecular complexity index is 883. The summed E-state index contributed by atoms with van der Waals surface area (Å²) >= 11 is 0. The average Bonchev–Trinajstić information content (AvgIpc) is 2.60. The number of benzene rings is 2. The summed E-state index contributed by atoms with van der Waals surface area (Å²) in [4.78, 5) is 17.7. The molecule has 0 spiro atoms. The van der Waals surface area contributed by atoms with E-state index in [2.05, 4.69) is 25.1 Å². The van der Waals surface area contributed by atoms with Gasteiger partial charge in [0, 0.05) is 22.9 Å². The summed E-state index contributed by atoms with van der Waals surface area (Å²) in [5.74, 6) is 0.669. The van der Waals surface area contributed by atoms with Gasteiger partial charge in [0.05, 0.1) is 11.2 Å². The van der Waals surface area contributed by atoms with Gasteiger partial charge >= 0.3 is 0 Å². The van der Waals surface area contributed by atoms with Crippen LogP contribution in [0.2, 0.25) is 0 Å². The van der Waals surface area contributed by atoms with Crippen LogP contribution in [-0.4, -0.2) is 10.8 Å². The van der Waals surface area contributed by atoms with Gasteiger partial charge in [-0.25, -0.2) is 0 Å². The van der Waals surface area contributed by atoms with E-state index in [9.17, 15) is 4.79 Å². The molecule has 1 aliphatic carbocycles. The molecule has 0 bridgehead atoms. The normalized spacial score (nSPS) is 17.3. The average molecular weight is 301 g/mol. The number of carbonyl (C=O) groups excluding carboxylic acids is 1. The molecule has 0 aliphatic heterocycles. The number of fused-ring (bicyclic) bond motifs is 2. The number of hydrogen-bond donors (Lipinski definition) is 0. The summed E-state index contributed by atoms with van der Waals surface area (Å²) < 4.78 is 0. The Morgan fingerprint density at radius 2 is 1.70 bits per heavy atom. The number of carbonyl (C=O) groups is 1. The molecule has 1 heterocycles. The minimum atomic E-state index is 0.246. The molecule has 0 saturated carbocycles. The fourth-order valence-electron chi connectivity index (χ4n) is 3.61. The molecular weight excluding hydrogens is 282 g/mol. The predicted molar refractivity (Wildman–Crippen MR) is 93.6 cm³/mol. The van der Waals surface area contributed by atoms with Crippen LogP contribution in [0.1, 0.15) is 35.8 Å². The van der Waals surface area contributed by atoms with Gasteiger partial charge in [0.15, 0.2) is 5.78 Å². The van der Waals surface area contributed by atoms with Gasteiger partial charge in [0.25, 0.3) is 0 Å². The molecular formula is C21H19NO. The number of para-hydroxylation sites is 1. The standard InChI is InChI=1S/C21H19NO/c1-2-14-12-18-21(19(23)13-14)20(15-8-4-3-5-9-15)16-10-6-7-11-17(16)22-18/h3-11,14H,2,12-13H2,1H3. The smallest absolute Gasteiger partial charge is 0.165 e. The van der Waals surface area contributed by atoms with E-state index in [-0.39, 0.29) is 5.78 Å². The van der Waals surface area contributed by atoms with Crippen molar-refractivity contribution >= 4 is 16.7 Å². The van der Waals surface area contributed by atoms with Crippen LogP contribution in [0, 0.1) is 5.92 Å². The monoisotopic (exact) mass is 301 g/mol. The van der Waals surface area contributed by atoms with Crippen LogP contribution in [0.4, 0.5) is 0 Å². The Labute approximate surface area is 136 Å². The molecule has 23 heavy (non-hydrogen) atoms. The molecule has 0 N–H and O–H groups in total. The summed E-state index contributed by atoms with van der Waals surface area (Å²) in [5, 5.41) is 1.07. The van der Waals surface area contributed by atoms with Crippen LogP contribution in [0.5, 0.6) is 0 Å². The lowest BCUT2D eigenvalue weighted by Gasteiger charge is -2.25. The van der Waals surface area contributed by atoms with Crippen molar-refractivity contribution in [1.82, 2.24) is 4.98 Å². The molecule has 1 aliphatic rings. The fourth-order valence-corrected chi connectivity index (χ4v) is 3.61. The van der Waals surface area contributed by atoms with Crippen LogP contribution >= 0.6 is 0 Å². The van der Waals surface area contributed by atoms with Gasteiger partial charge in [0.1, 0.15) is 0 Å². The van der Waals surface area contributed by atoms with Gasteiger partial charge in [-0.1, -0.05) is 61.9 Å². The van der Waals surface area contributed by atoms with Crippen molar-refractivity contribution in [2.45, 2.75) is 26.2 Å². The molecule has 2 heteroatoms. The quantitative estimate of drug-likeness (QED) is 0.662. The first-order chi connectivity index (χ1) is 11.3. The lowest BCUT2D eigenvalue weighted by atomic mass is 9.80. The van der Waals surface area contributed by atoms with Crippen molar-refractivity contribution in [2.75, 3.05) is 0 Å². The Kier molecular flexibility index (Phi) is 3.45. The predicted octanol–water partition coefficient (Wildman–Crippen LogP) is 5.06. The van der Waals surface area contributed by atoms with E-state index in [1.807, 2.05) is 36.4 Å². The summed E-state index contributed by atoms with van der Waals surface area (Å²) in [7, 11) is 0. The third-order valence-corrected chi connectivity index (χ3v) is 4.84. The number of nitrogens with zero attached hydrogens (tertiary/aromatic N) is 1. The molecule has 4 rings (SSSR count). The number of pyridine rings is 1. The molecule has 1 atom stereocenters. The zero-order valence-corrected chi connectivity index (χ0v) is 13.3. The van der Waals surface area contributed by atoms with Gasteiger partial charge in [-0.3, -0.25) is 9.78 Å². The molecule has 0 radical (unpaired) electrons. The van der Waals surface area contributed by atoms with Crippen LogP contribution < -0.4 is 0 Å². The second-order valence-electron chi connectivity index (χ2n) is 6.30. The minimum Gasteiger partial charge on any atom is -0.294 e. The highest BCUT2D eigenvalue weighted by Crippen LogP contribution is 2.38. The number of ketones is 1. The van der Waals surface area contributed by atoms with Crippen molar-refractivity contribution in [3.05, 3.63) is 65.9 Å².